The van der Waals surface area contributed by atoms with Gasteiger partial charge < -0.3 is 15.4 Å². The Morgan fingerprint density at radius 2 is 1.96 bits per heavy atom. The molecule has 25 heavy (non-hydrogen) atoms. The van der Waals surface area contributed by atoms with Gasteiger partial charge in [0.05, 0.1) is 0 Å². The van der Waals surface area contributed by atoms with E-state index in [0.29, 0.717) is 24.6 Å². The molecule has 1 aromatic carbocycles. The highest BCUT2D eigenvalue weighted by Gasteiger charge is 2.16. The molecule has 1 unspecified atom stereocenters. The molecule has 132 valence electrons. The number of aromatic nitrogens is 1. The maximum absolute atomic E-state index is 12.3. The summed E-state index contributed by atoms with van der Waals surface area (Å²) in [7, 11) is 0. The van der Waals surface area contributed by atoms with Crippen molar-refractivity contribution in [2.45, 2.75) is 32.9 Å². The van der Waals surface area contributed by atoms with Gasteiger partial charge in [0.2, 0.25) is 11.8 Å². The van der Waals surface area contributed by atoms with Crippen molar-refractivity contribution < 1.29 is 14.3 Å². The maximum atomic E-state index is 12.3. The minimum absolute atomic E-state index is 0.204. The molecule has 6 nitrogen and oxygen atoms in total. The van der Waals surface area contributed by atoms with Crippen LogP contribution in [0.5, 0.6) is 5.88 Å². The minimum atomic E-state index is -0.610. The highest BCUT2D eigenvalue weighted by Crippen LogP contribution is 2.12. The number of amides is 2. The van der Waals surface area contributed by atoms with Crippen molar-refractivity contribution >= 4 is 11.8 Å². The van der Waals surface area contributed by atoms with Crippen molar-refractivity contribution in [2.75, 3.05) is 6.54 Å². The van der Waals surface area contributed by atoms with E-state index in [0.717, 1.165) is 12.0 Å². The number of nitrogens with one attached hydrogen (secondary N) is 2. The zero-order valence-electron chi connectivity index (χ0n) is 14.5. The van der Waals surface area contributed by atoms with Crippen LogP contribution in [0.1, 0.15) is 36.2 Å². The van der Waals surface area contributed by atoms with Crippen LogP contribution in [0.25, 0.3) is 0 Å². The Kier molecular flexibility index (Phi) is 6.95. The summed E-state index contributed by atoms with van der Waals surface area (Å²) in [6, 6.07) is 12.2. The number of pyridine rings is 1. The lowest BCUT2D eigenvalue weighted by atomic mass is 10.2. The number of ether oxygens (including phenoxy) is 1. The van der Waals surface area contributed by atoms with E-state index in [1.165, 1.54) is 6.20 Å². The fourth-order valence-electron chi connectivity index (χ4n) is 2.11. The van der Waals surface area contributed by atoms with Crippen LogP contribution >= 0.6 is 0 Å². The van der Waals surface area contributed by atoms with Crippen LogP contribution in [-0.2, 0) is 11.4 Å². The number of hydrogen-bond acceptors (Lipinski definition) is 4. The third kappa shape index (κ3) is 5.91. The summed E-state index contributed by atoms with van der Waals surface area (Å²) in [6.45, 7) is 4.58. The van der Waals surface area contributed by atoms with Crippen molar-refractivity contribution in [2.24, 2.45) is 0 Å². The Bertz CT molecular complexity index is 704. The fraction of sp³-hybridized carbons (Fsp3) is 0.316. The third-order valence-corrected chi connectivity index (χ3v) is 3.52. The fourth-order valence-corrected chi connectivity index (χ4v) is 2.11. The molecular formula is C19H23N3O3. The van der Waals surface area contributed by atoms with E-state index in [4.69, 9.17) is 4.74 Å². The van der Waals surface area contributed by atoms with Gasteiger partial charge in [-0.25, -0.2) is 4.98 Å². The van der Waals surface area contributed by atoms with E-state index in [1.54, 1.807) is 19.1 Å². The molecule has 0 saturated carbocycles. The van der Waals surface area contributed by atoms with Crippen LogP contribution in [0.2, 0.25) is 0 Å². The van der Waals surface area contributed by atoms with Gasteiger partial charge in [-0.3, -0.25) is 9.59 Å². The van der Waals surface area contributed by atoms with Gasteiger partial charge in [-0.2, -0.15) is 0 Å². The number of rotatable bonds is 8. The molecular weight excluding hydrogens is 318 g/mol. The smallest absolute Gasteiger partial charge is 0.252 e. The van der Waals surface area contributed by atoms with Crippen LogP contribution in [-0.4, -0.2) is 29.4 Å². The molecule has 2 amide bonds. The molecule has 0 aliphatic heterocycles. The third-order valence-electron chi connectivity index (χ3n) is 3.52. The van der Waals surface area contributed by atoms with Crippen molar-refractivity contribution in [3.63, 3.8) is 0 Å². The van der Waals surface area contributed by atoms with Crippen molar-refractivity contribution in [3.8, 4) is 5.88 Å². The summed E-state index contributed by atoms with van der Waals surface area (Å²) in [6.07, 6.45) is 2.36. The second kappa shape index (κ2) is 9.42. The average molecular weight is 341 g/mol. The van der Waals surface area contributed by atoms with E-state index >= 15 is 0 Å². The van der Waals surface area contributed by atoms with Crippen LogP contribution in [0.3, 0.4) is 0 Å². The number of hydrogen-bond donors (Lipinski definition) is 2. The van der Waals surface area contributed by atoms with E-state index in [2.05, 4.69) is 15.6 Å². The lowest BCUT2D eigenvalue weighted by molar-refractivity contribution is -0.122. The molecule has 2 N–H and O–H groups in total. The summed E-state index contributed by atoms with van der Waals surface area (Å²) in [5, 5.41) is 5.42. The lowest BCUT2D eigenvalue weighted by Gasteiger charge is -2.14. The first-order valence-corrected chi connectivity index (χ1v) is 8.31. The Morgan fingerprint density at radius 1 is 1.20 bits per heavy atom. The van der Waals surface area contributed by atoms with Crippen molar-refractivity contribution in [1.82, 2.24) is 15.6 Å². The van der Waals surface area contributed by atoms with Gasteiger partial charge in [0.15, 0.2) is 0 Å². The molecule has 0 radical (unpaired) electrons. The van der Waals surface area contributed by atoms with Gasteiger partial charge in [0.25, 0.3) is 5.91 Å². The molecule has 0 aliphatic rings. The van der Waals surface area contributed by atoms with Gasteiger partial charge in [-0.05, 0) is 25.0 Å². The summed E-state index contributed by atoms with van der Waals surface area (Å²) in [5.74, 6) is -0.185. The zero-order valence-corrected chi connectivity index (χ0v) is 14.5. The number of benzene rings is 1. The maximum Gasteiger partial charge on any atom is 0.252 e. The molecule has 2 aromatic rings. The molecule has 0 saturated heterocycles. The zero-order chi connectivity index (χ0) is 18.1. The monoisotopic (exact) mass is 341 g/mol. The second-order valence-electron chi connectivity index (χ2n) is 5.64. The highest BCUT2D eigenvalue weighted by molar-refractivity contribution is 5.97. The Morgan fingerprint density at radius 3 is 2.68 bits per heavy atom. The second-order valence-corrected chi connectivity index (χ2v) is 5.64. The van der Waals surface area contributed by atoms with E-state index in [-0.39, 0.29) is 11.8 Å². The van der Waals surface area contributed by atoms with Gasteiger partial charge >= 0.3 is 0 Å². The van der Waals surface area contributed by atoms with E-state index in [1.807, 2.05) is 37.3 Å². The van der Waals surface area contributed by atoms with Gasteiger partial charge in [-0.15, -0.1) is 0 Å². The quantitative estimate of drug-likeness (QED) is 0.772. The van der Waals surface area contributed by atoms with Crippen molar-refractivity contribution in [3.05, 3.63) is 59.8 Å². The molecule has 0 spiro atoms. The van der Waals surface area contributed by atoms with Crippen LogP contribution in [0, 0.1) is 0 Å². The molecule has 6 heteroatoms. The average Bonchev–Trinajstić information content (AvgIpc) is 2.65. The molecule has 1 aromatic heterocycles. The Hall–Kier alpha value is -2.89. The standard InChI is InChI=1S/C19H23N3O3/c1-3-10-21-18(23)14(2)22-19(24)16-9-11-20-17(12-16)25-13-15-7-5-4-6-8-15/h4-9,11-12,14H,3,10,13H2,1-2H3,(H,21,23)(H,22,24). The number of carbonyl (C=O) groups excluding carboxylic acids is 2. The normalized spacial score (nSPS) is 11.4. The first-order valence-electron chi connectivity index (χ1n) is 8.31. The van der Waals surface area contributed by atoms with Crippen LogP contribution in [0.15, 0.2) is 48.7 Å². The molecule has 1 heterocycles. The Labute approximate surface area is 147 Å². The predicted molar refractivity (Wildman–Crippen MR) is 95.2 cm³/mol. The number of carbonyl (C=O) groups is 2. The largest absolute Gasteiger partial charge is 0.473 e. The lowest BCUT2D eigenvalue weighted by Crippen LogP contribution is -2.45. The van der Waals surface area contributed by atoms with Gasteiger partial charge in [0, 0.05) is 24.4 Å². The molecule has 0 aliphatic carbocycles. The molecule has 0 fully saturated rings. The number of nitrogens with zero attached hydrogens (tertiary/aromatic N) is 1. The molecule has 0 bridgehead atoms. The SMILES string of the molecule is CCCNC(=O)C(C)NC(=O)c1ccnc(OCc2ccccc2)c1. The van der Waals surface area contributed by atoms with Crippen LogP contribution in [0.4, 0.5) is 0 Å². The van der Waals surface area contributed by atoms with E-state index < -0.39 is 6.04 Å². The summed E-state index contributed by atoms with van der Waals surface area (Å²) < 4.78 is 5.62. The first kappa shape index (κ1) is 18.4. The summed E-state index contributed by atoms with van der Waals surface area (Å²) >= 11 is 0. The summed E-state index contributed by atoms with van der Waals surface area (Å²) in [4.78, 5) is 28.2. The first-order chi connectivity index (χ1) is 12.1. The topological polar surface area (TPSA) is 80.3 Å². The van der Waals surface area contributed by atoms with Gasteiger partial charge in [0.1, 0.15) is 12.6 Å². The predicted octanol–water partition coefficient (Wildman–Crippen LogP) is 2.31. The molecule has 1 atom stereocenters. The minimum Gasteiger partial charge on any atom is -0.473 e. The summed E-state index contributed by atoms with van der Waals surface area (Å²) in [5.41, 5.74) is 1.41. The van der Waals surface area contributed by atoms with Crippen LogP contribution < -0.4 is 15.4 Å². The molecule has 2 rings (SSSR count). The van der Waals surface area contributed by atoms with E-state index in [9.17, 15) is 9.59 Å². The highest BCUT2D eigenvalue weighted by atomic mass is 16.5. The van der Waals surface area contributed by atoms with Crippen molar-refractivity contribution in [1.29, 1.82) is 0 Å². The Balaban J connectivity index is 1.93. The van der Waals surface area contributed by atoms with Gasteiger partial charge in [-0.1, -0.05) is 37.3 Å².